The fourth-order valence-corrected chi connectivity index (χ4v) is 1.80. The maximum absolute atomic E-state index is 12.6. The van der Waals surface area contributed by atoms with Crippen LogP contribution in [0.15, 0.2) is 17.3 Å². The molecule has 0 atom stereocenters. The van der Waals surface area contributed by atoms with Gasteiger partial charge in [-0.05, 0) is 31.9 Å². The Morgan fingerprint density at radius 2 is 1.56 bits per heavy atom. The Balaban J connectivity index is 3.44. The largest absolute Gasteiger partial charge is 0.437 e. The van der Waals surface area contributed by atoms with Crippen molar-refractivity contribution in [2.24, 2.45) is 5.16 Å². The van der Waals surface area contributed by atoms with E-state index in [0.717, 1.165) is 5.56 Å². The van der Waals surface area contributed by atoms with E-state index in [1.165, 1.54) is 0 Å². The summed E-state index contributed by atoms with van der Waals surface area (Å²) in [4.78, 5) is 0. The first-order chi connectivity index (χ1) is 7.27. The summed E-state index contributed by atoms with van der Waals surface area (Å²) >= 11 is 0. The van der Waals surface area contributed by atoms with Gasteiger partial charge in [-0.2, -0.15) is 13.2 Å². The zero-order valence-corrected chi connectivity index (χ0v) is 9.18. The van der Waals surface area contributed by atoms with Crippen LogP contribution in [-0.2, 0) is 0 Å². The van der Waals surface area contributed by atoms with Crippen LogP contribution in [0, 0.1) is 20.8 Å². The molecule has 2 nitrogen and oxygen atoms in total. The van der Waals surface area contributed by atoms with Crippen LogP contribution in [0.2, 0.25) is 0 Å². The molecular formula is C11H12F3NO. The van der Waals surface area contributed by atoms with E-state index in [9.17, 15) is 13.2 Å². The molecule has 0 radical (unpaired) electrons. The zero-order valence-electron chi connectivity index (χ0n) is 9.18. The number of rotatable bonds is 1. The predicted octanol–water partition coefficient (Wildman–Crippen LogP) is 3.35. The van der Waals surface area contributed by atoms with Crippen LogP contribution in [0.4, 0.5) is 13.2 Å². The first kappa shape index (κ1) is 12.5. The minimum atomic E-state index is -4.65. The number of halogens is 3. The van der Waals surface area contributed by atoms with Crippen LogP contribution >= 0.6 is 0 Å². The zero-order chi connectivity index (χ0) is 12.5. The van der Waals surface area contributed by atoms with Crippen molar-refractivity contribution in [3.8, 4) is 0 Å². The fourth-order valence-electron chi connectivity index (χ4n) is 1.80. The van der Waals surface area contributed by atoms with Crippen LogP contribution in [-0.4, -0.2) is 17.1 Å². The van der Waals surface area contributed by atoms with E-state index in [0.29, 0.717) is 11.1 Å². The van der Waals surface area contributed by atoms with E-state index in [4.69, 9.17) is 5.21 Å². The number of benzene rings is 1. The number of hydrogen-bond donors (Lipinski definition) is 1. The molecule has 0 fully saturated rings. The van der Waals surface area contributed by atoms with Gasteiger partial charge in [0, 0.05) is 5.56 Å². The molecule has 0 amide bonds. The molecule has 0 aliphatic heterocycles. The lowest BCUT2D eigenvalue weighted by atomic mass is 9.96. The second-order valence-corrected chi connectivity index (χ2v) is 3.72. The van der Waals surface area contributed by atoms with Gasteiger partial charge in [0.15, 0.2) is 5.71 Å². The molecular weight excluding hydrogens is 219 g/mol. The topological polar surface area (TPSA) is 32.6 Å². The van der Waals surface area contributed by atoms with Crippen molar-refractivity contribution in [1.82, 2.24) is 0 Å². The molecule has 0 spiro atoms. The molecule has 1 rings (SSSR count). The Labute approximate surface area is 91.4 Å². The monoisotopic (exact) mass is 231 g/mol. The van der Waals surface area contributed by atoms with Crippen molar-refractivity contribution in [2.75, 3.05) is 0 Å². The number of aryl methyl sites for hydroxylation is 3. The molecule has 0 saturated heterocycles. The first-order valence-electron chi connectivity index (χ1n) is 4.65. The van der Waals surface area contributed by atoms with Gasteiger partial charge in [-0.1, -0.05) is 22.9 Å². The standard InChI is InChI=1S/C11H12F3NO/c1-6-4-7(2)9(8(3)5-6)10(15-16)11(12,13)14/h4-5,16H,1-3H3/b15-10-. The summed E-state index contributed by atoms with van der Waals surface area (Å²) in [5.74, 6) is 0. The SMILES string of the molecule is Cc1cc(C)c(/C(=N/O)C(F)(F)F)c(C)c1. The van der Waals surface area contributed by atoms with E-state index >= 15 is 0 Å². The van der Waals surface area contributed by atoms with Gasteiger partial charge in [-0.3, -0.25) is 0 Å². The Morgan fingerprint density at radius 3 is 1.88 bits per heavy atom. The second-order valence-electron chi connectivity index (χ2n) is 3.72. The van der Waals surface area contributed by atoms with Crippen molar-refractivity contribution in [1.29, 1.82) is 0 Å². The highest BCUT2D eigenvalue weighted by atomic mass is 19.4. The minimum Gasteiger partial charge on any atom is -0.410 e. The summed E-state index contributed by atoms with van der Waals surface area (Å²) in [6.07, 6.45) is -4.65. The van der Waals surface area contributed by atoms with Crippen LogP contribution < -0.4 is 0 Å². The van der Waals surface area contributed by atoms with Crippen LogP contribution in [0.1, 0.15) is 22.3 Å². The maximum atomic E-state index is 12.6. The van der Waals surface area contributed by atoms with Gasteiger partial charge in [0.2, 0.25) is 0 Å². The molecule has 0 unspecified atom stereocenters. The average Bonchev–Trinajstić information content (AvgIpc) is 2.08. The van der Waals surface area contributed by atoms with Crippen molar-refractivity contribution in [3.05, 3.63) is 34.4 Å². The molecule has 16 heavy (non-hydrogen) atoms. The van der Waals surface area contributed by atoms with Gasteiger partial charge in [0.25, 0.3) is 0 Å². The fraction of sp³-hybridized carbons (Fsp3) is 0.364. The van der Waals surface area contributed by atoms with E-state index < -0.39 is 11.9 Å². The van der Waals surface area contributed by atoms with Crippen LogP contribution in [0.25, 0.3) is 0 Å². The molecule has 1 N–H and O–H groups in total. The third kappa shape index (κ3) is 2.35. The predicted molar refractivity (Wildman–Crippen MR) is 55.0 cm³/mol. The number of nitrogens with zero attached hydrogens (tertiary/aromatic N) is 1. The molecule has 1 aromatic carbocycles. The summed E-state index contributed by atoms with van der Waals surface area (Å²) in [6, 6.07) is 3.25. The van der Waals surface area contributed by atoms with Gasteiger partial charge < -0.3 is 5.21 Å². The Kier molecular flexibility index (Phi) is 3.26. The van der Waals surface area contributed by atoms with Crippen molar-refractivity contribution >= 4 is 5.71 Å². The van der Waals surface area contributed by atoms with E-state index in [-0.39, 0.29) is 5.56 Å². The van der Waals surface area contributed by atoms with Gasteiger partial charge >= 0.3 is 6.18 Å². The van der Waals surface area contributed by atoms with Crippen molar-refractivity contribution in [2.45, 2.75) is 26.9 Å². The van der Waals surface area contributed by atoms with E-state index in [1.807, 2.05) is 0 Å². The highest BCUT2D eigenvalue weighted by Gasteiger charge is 2.39. The Hall–Kier alpha value is -1.52. The lowest BCUT2D eigenvalue weighted by molar-refractivity contribution is -0.0601. The van der Waals surface area contributed by atoms with Crippen LogP contribution in [0.3, 0.4) is 0 Å². The average molecular weight is 231 g/mol. The Morgan fingerprint density at radius 1 is 1.12 bits per heavy atom. The number of oxime groups is 1. The smallest absolute Gasteiger partial charge is 0.410 e. The van der Waals surface area contributed by atoms with Crippen molar-refractivity contribution < 1.29 is 18.4 Å². The van der Waals surface area contributed by atoms with E-state index in [2.05, 4.69) is 5.16 Å². The Bertz CT molecular complexity index is 412. The first-order valence-corrected chi connectivity index (χ1v) is 4.65. The lowest BCUT2D eigenvalue weighted by Gasteiger charge is -2.14. The van der Waals surface area contributed by atoms with Crippen molar-refractivity contribution in [3.63, 3.8) is 0 Å². The molecule has 5 heteroatoms. The maximum Gasteiger partial charge on any atom is 0.437 e. The summed E-state index contributed by atoms with van der Waals surface area (Å²) in [7, 11) is 0. The lowest BCUT2D eigenvalue weighted by Crippen LogP contribution is -2.26. The van der Waals surface area contributed by atoms with E-state index in [1.54, 1.807) is 32.9 Å². The summed E-state index contributed by atoms with van der Waals surface area (Å²) in [5, 5.41) is 10.9. The normalized spacial score (nSPS) is 13.0. The molecule has 1 aromatic rings. The second kappa shape index (κ2) is 4.15. The molecule has 0 bridgehead atoms. The number of hydrogen-bond acceptors (Lipinski definition) is 2. The van der Waals surface area contributed by atoms with Gasteiger partial charge in [-0.25, -0.2) is 0 Å². The quantitative estimate of drug-likeness (QED) is 0.448. The van der Waals surface area contributed by atoms with Gasteiger partial charge in [0.05, 0.1) is 0 Å². The molecule has 0 aliphatic rings. The molecule has 88 valence electrons. The minimum absolute atomic E-state index is 0.0550. The highest BCUT2D eigenvalue weighted by Crippen LogP contribution is 2.27. The summed E-state index contributed by atoms with van der Waals surface area (Å²) in [6.45, 7) is 4.92. The third-order valence-electron chi connectivity index (χ3n) is 2.28. The summed E-state index contributed by atoms with van der Waals surface area (Å²) < 4.78 is 37.7. The third-order valence-corrected chi connectivity index (χ3v) is 2.28. The van der Waals surface area contributed by atoms with Crippen LogP contribution in [0.5, 0.6) is 0 Å². The molecule has 0 heterocycles. The molecule has 0 aromatic heterocycles. The highest BCUT2D eigenvalue weighted by molar-refractivity contribution is 6.06. The molecule has 0 aliphatic carbocycles. The number of alkyl halides is 3. The van der Waals surface area contributed by atoms with Gasteiger partial charge in [-0.15, -0.1) is 0 Å². The summed E-state index contributed by atoms with van der Waals surface area (Å²) in [5.41, 5.74) is 0.464. The van der Waals surface area contributed by atoms with Gasteiger partial charge in [0.1, 0.15) is 0 Å². The molecule has 0 saturated carbocycles.